The third kappa shape index (κ3) is 3.06. The highest BCUT2D eigenvalue weighted by Crippen LogP contribution is 2.31. The minimum absolute atomic E-state index is 0.0584. The molecule has 1 aliphatic heterocycles. The van der Waals surface area contributed by atoms with E-state index in [1.807, 2.05) is 59.5 Å². The Morgan fingerprint density at radius 3 is 2.74 bits per heavy atom. The lowest BCUT2D eigenvalue weighted by molar-refractivity contribution is 0.0736. The number of nitrogens with zero attached hydrogens (tertiary/aromatic N) is 3. The number of hydrogen-bond acceptors (Lipinski definition) is 6. The van der Waals surface area contributed by atoms with Gasteiger partial charge in [-0.1, -0.05) is 41.7 Å². The topological polar surface area (TPSA) is 71.3 Å². The summed E-state index contributed by atoms with van der Waals surface area (Å²) in [4.78, 5) is 24.7. The van der Waals surface area contributed by atoms with Crippen LogP contribution in [0.3, 0.4) is 0 Å². The van der Waals surface area contributed by atoms with Gasteiger partial charge >= 0.3 is 6.01 Å². The fraction of sp³-hybridized carbons (Fsp3) is 0.150. The van der Waals surface area contributed by atoms with E-state index in [0.717, 1.165) is 38.8 Å². The highest BCUT2D eigenvalue weighted by atomic mass is 32.1. The van der Waals surface area contributed by atoms with Gasteiger partial charge in [-0.2, -0.15) is 4.98 Å². The molecule has 0 bridgehead atoms. The van der Waals surface area contributed by atoms with Gasteiger partial charge in [-0.25, -0.2) is 4.98 Å². The smallest absolute Gasteiger partial charge is 0.302 e. The lowest BCUT2D eigenvalue weighted by atomic mass is 10.1. The van der Waals surface area contributed by atoms with Crippen molar-refractivity contribution in [3.63, 3.8) is 0 Å². The monoisotopic (exact) mass is 376 g/mol. The molecule has 0 saturated carbocycles. The molecule has 0 radical (unpaired) electrons. The number of carbonyl (C=O) groups excluding carboxylic acids is 1. The Bertz CT molecular complexity index is 1090. The molecule has 2 aromatic carbocycles. The molecular weight excluding hydrogens is 360 g/mol. The van der Waals surface area contributed by atoms with Crippen molar-refractivity contribution in [1.29, 1.82) is 0 Å². The van der Waals surface area contributed by atoms with Gasteiger partial charge in [-0.3, -0.25) is 10.1 Å². The fourth-order valence-corrected chi connectivity index (χ4v) is 4.22. The standard InChI is InChI=1S/C20H16N4O2S/c25-18(13-6-2-1-3-7-13)24-11-10-15-17(12-24)27-20(22-15)23-19-21-14-8-4-5-9-16(14)26-19/h1-9H,10-12H2,(H,21,22,23). The molecule has 5 rings (SSSR count). The van der Waals surface area contributed by atoms with E-state index >= 15 is 0 Å². The van der Waals surface area contributed by atoms with Gasteiger partial charge in [-0.15, -0.1) is 0 Å². The van der Waals surface area contributed by atoms with Crippen molar-refractivity contribution in [3.8, 4) is 0 Å². The fourth-order valence-electron chi connectivity index (χ4n) is 3.20. The number of nitrogens with one attached hydrogen (secondary N) is 1. The second-order valence-corrected chi connectivity index (χ2v) is 7.43. The van der Waals surface area contributed by atoms with Gasteiger partial charge in [-0.05, 0) is 24.3 Å². The maximum absolute atomic E-state index is 12.7. The summed E-state index contributed by atoms with van der Waals surface area (Å²) in [7, 11) is 0. The average Bonchev–Trinajstić information content (AvgIpc) is 3.30. The third-order valence-electron chi connectivity index (χ3n) is 4.55. The summed E-state index contributed by atoms with van der Waals surface area (Å²) in [5.41, 5.74) is 3.30. The number of amides is 1. The van der Waals surface area contributed by atoms with E-state index in [2.05, 4.69) is 15.3 Å². The molecule has 0 unspecified atom stereocenters. The van der Waals surface area contributed by atoms with Crippen LogP contribution >= 0.6 is 11.3 Å². The number of oxazole rings is 1. The van der Waals surface area contributed by atoms with E-state index in [0.29, 0.717) is 19.1 Å². The Hall–Kier alpha value is -3.19. The Morgan fingerprint density at radius 2 is 1.89 bits per heavy atom. The molecule has 1 aliphatic rings. The number of carbonyl (C=O) groups is 1. The Kier molecular flexibility index (Phi) is 3.86. The maximum Gasteiger partial charge on any atom is 0.302 e. The molecule has 134 valence electrons. The third-order valence-corrected chi connectivity index (χ3v) is 5.54. The van der Waals surface area contributed by atoms with Gasteiger partial charge in [0.2, 0.25) is 0 Å². The van der Waals surface area contributed by atoms with Crippen molar-refractivity contribution in [3.05, 3.63) is 70.7 Å². The molecule has 7 heteroatoms. The van der Waals surface area contributed by atoms with Gasteiger partial charge in [0.1, 0.15) is 5.52 Å². The number of benzene rings is 2. The van der Waals surface area contributed by atoms with Crippen molar-refractivity contribution >= 4 is 39.5 Å². The summed E-state index contributed by atoms with van der Waals surface area (Å²) in [6.45, 7) is 1.25. The minimum Gasteiger partial charge on any atom is -0.423 e. The number of para-hydroxylation sites is 2. The van der Waals surface area contributed by atoms with E-state index < -0.39 is 0 Å². The second-order valence-electron chi connectivity index (χ2n) is 6.34. The Morgan fingerprint density at radius 1 is 1.07 bits per heavy atom. The summed E-state index contributed by atoms with van der Waals surface area (Å²) < 4.78 is 5.70. The first-order chi connectivity index (χ1) is 13.3. The van der Waals surface area contributed by atoms with Crippen LogP contribution in [0.2, 0.25) is 0 Å². The lowest BCUT2D eigenvalue weighted by Gasteiger charge is -2.26. The van der Waals surface area contributed by atoms with Crippen LogP contribution in [0.4, 0.5) is 11.1 Å². The normalized spacial score (nSPS) is 13.6. The van der Waals surface area contributed by atoms with Crippen LogP contribution in [0.5, 0.6) is 0 Å². The molecule has 2 aromatic heterocycles. The van der Waals surface area contributed by atoms with Crippen LogP contribution in [0.1, 0.15) is 20.9 Å². The SMILES string of the molecule is O=C(c1ccccc1)N1CCc2nc(Nc3nc4ccccc4o3)sc2C1. The molecule has 0 aliphatic carbocycles. The second kappa shape index (κ2) is 6.51. The van der Waals surface area contributed by atoms with Crippen molar-refractivity contribution in [2.75, 3.05) is 11.9 Å². The molecule has 0 fully saturated rings. The first-order valence-electron chi connectivity index (χ1n) is 8.72. The number of anilines is 2. The van der Waals surface area contributed by atoms with Crippen LogP contribution in [-0.4, -0.2) is 27.3 Å². The molecule has 0 saturated heterocycles. The molecule has 4 aromatic rings. The molecule has 6 nitrogen and oxygen atoms in total. The number of aromatic nitrogens is 2. The molecular formula is C20H16N4O2S. The number of fused-ring (bicyclic) bond motifs is 2. The maximum atomic E-state index is 12.7. The quantitative estimate of drug-likeness (QED) is 0.579. The van der Waals surface area contributed by atoms with Crippen molar-refractivity contribution in [2.45, 2.75) is 13.0 Å². The zero-order valence-corrected chi connectivity index (χ0v) is 15.2. The number of rotatable bonds is 3. The zero-order valence-electron chi connectivity index (χ0n) is 14.4. The van der Waals surface area contributed by atoms with E-state index in [1.165, 1.54) is 0 Å². The van der Waals surface area contributed by atoms with E-state index in [1.54, 1.807) is 11.3 Å². The van der Waals surface area contributed by atoms with Crippen molar-refractivity contribution in [2.24, 2.45) is 0 Å². The van der Waals surface area contributed by atoms with Gasteiger partial charge in [0, 0.05) is 23.4 Å². The van der Waals surface area contributed by atoms with Crippen molar-refractivity contribution in [1.82, 2.24) is 14.9 Å². The average molecular weight is 376 g/mol. The zero-order chi connectivity index (χ0) is 18.2. The molecule has 1 amide bonds. The molecule has 1 N–H and O–H groups in total. The lowest BCUT2D eigenvalue weighted by Crippen LogP contribution is -2.35. The van der Waals surface area contributed by atoms with Crippen molar-refractivity contribution < 1.29 is 9.21 Å². The van der Waals surface area contributed by atoms with Crippen LogP contribution in [-0.2, 0) is 13.0 Å². The highest BCUT2D eigenvalue weighted by Gasteiger charge is 2.25. The Balaban J connectivity index is 1.34. The summed E-state index contributed by atoms with van der Waals surface area (Å²) in [5, 5.41) is 3.89. The van der Waals surface area contributed by atoms with Crippen LogP contribution < -0.4 is 5.32 Å². The largest absolute Gasteiger partial charge is 0.423 e. The van der Waals surface area contributed by atoms with Crippen LogP contribution in [0.15, 0.2) is 59.0 Å². The first-order valence-corrected chi connectivity index (χ1v) is 9.53. The Labute approximate surface area is 159 Å². The first kappa shape index (κ1) is 16.0. The summed E-state index contributed by atoms with van der Waals surface area (Å²) in [6, 6.07) is 17.5. The van der Waals surface area contributed by atoms with Gasteiger partial charge in [0.15, 0.2) is 10.7 Å². The van der Waals surface area contributed by atoms with Crippen LogP contribution in [0.25, 0.3) is 11.1 Å². The highest BCUT2D eigenvalue weighted by molar-refractivity contribution is 7.15. The molecule has 3 heterocycles. The van der Waals surface area contributed by atoms with E-state index in [4.69, 9.17) is 4.42 Å². The van der Waals surface area contributed by atoms with Crippen LogP contribution in [0, 0.1) is 0 Å². The molecule has 0 spiro atoms. The van der Waals surface area contributed by atoms with Gasteiger partial charge < -0.3 is 9.32 Å². The molecule has 0 atom stereocenters. The summed E-state index contributed by atoms with van der Waals surface area (Å²) in [5.74, 6) is 0.0584. The minimum atomic E-state index is 0.0584. The predicted molar refractivity (Wildman–Crippen MR) is 104 cm³/mol. The number of hydrogen-bond donors (Lipinski definition) is 1. The predicted octanol–water partition coefficient (Wildman–Crippen LogP) is 4.23. The summed E-state index contributed by atoms with van der Waals surface area (Å²) >= 11 is 1.54. The van der Waals surface area contributed by atoms with Gasteiger partial charge in [0.05, 0.1) is 12.2 Å². The van der Waals surface area contributed by atoms with E-state index in [-0.39, 0.29) is 5.91 Å². The molecule has 27 heavy (non-hydrogen) atoms. The van der Waals surface area contributed by atoms with E-state index in [9.17, 15) is 4.79 Å². The van der Waals surface area contributed by atoms with Gasteiger partial charge in [0.25, 0.3) is 5.91 Å². The summed E-state index contributed by atoms with van der Waals surface area (Å²) in [6.07, 6.45) is 0.750. The number of thiazole rings is 1.